The highest BCUT2D eigenvalue weighted by molar-refractivity contribution is 4.91. The maximum absolute atomic E-state index is 2.47. The molecule has 0 saturated heterocycles. The summed E-state index contributed by atoms with van der Waals surface area (Å²) in [5.74, 6) is 5.72. The van der Waals surface area contributed by atoms with Gasteiger partial charge in [0.05, 0.1) is 0 Å². The van der Waals surface area contributed by atoms with Crippen molar-refractivity contribution in [2.75, 3.05) is 0 Å². The van der Waals surface area contributed by atoms with E-state index in [4.69, 9.17) is 0 Å². The van der Waals surface area contributed by atoms with Gasteiger partial charge in [0.25, 0.3) is 0 Å². The minimum absolute atomic E-state index is 0.884. The molecule has 0 amide bonds. The predicted molar refractivity (Wildman–Crippen MR) is 64.2 cm³/mol. The van der Waals surface area contributed by atoms with Crippen LogP contribution in [0.25, 0.3) is 0 Å². The van der Waals surface area contributed by atoms with Crippen LogP contribution in [0, 0.1) is 35.5 Å². The molecule has 5 atom stereocenters. The van der Waals surface area contributed by atoms with Crippen molar-refractivity contribution in [2.24, 2.45) is 35.5 Å². The van der Waals surface area contributed by atoms with Crippen LogP contribution in [0.1, 0.15) is 54.4 Å². The molecule has 1 aliphatic carbocycles. The third kappa shape index (κ3) is 2.15. The standard InChI is InChI=1S/C14H28/c1-7-10(4)12(6)13-8-11(5)14(13)9(2)3/h9-14H,7-8H2,1-6H3. The molecule has 0 radical (unpaired) electrons. The lowest BCUT2D eigenvalue weighted by Crippen LogP contribution is -2.43. The molecule has 0 aromatic heterocycles. The van der Waals surface area contributed by atoms with Crippen LogP contribution < -0.4 is 0 Å². The largest absolute Gasteiger partial charge is 0.0651 e. The second kappa shape index (κ2) is 4.68. The summed E-state index contributed by atoms with van der Waals surface area (Å²) in [6.07, 6.45) is 2.82. The lowest BCUT2D eigenvalue weighted by atomic mass is 9.55. The molecule has 0 spiro atoms. The molecule has 0 aliphatic heterocycles. The van der Waals surface area contributed by atoms with Crippen molar-refractivity contribution >= 4 is 0 Å². The second-order valence-electron chi connectivity index (χ2n) is 5.94. The van der Waals surface area contributed by atoms with Gasteiger partial charge in [0.1, 0.15) is 0 Å². The molecular weight excluding hydrogens is 168 g/mol. The van der Waals surface area contributed by atoms with E-state index >= 15 is 0 Å². The molecule has 0 N–H and O–H groups in total. The van der Waals surface area contributed by atoms with Gasteiger partial charge >= 0.3 is 0 Å². The average Bonchev–Trinajstić information content (AvgIpc) is 2.10. The van der Waals surface area contributed by atoms with E-state index in [-0.39, 0.29) is 0 Å². The minimum atomic E-state index is 0.884. The van der Waals surface area contributed by atoms with Gasteiger partial charge in [0.15, 0.2) is 0 Å². The van der Waals surface area contributed by atoms with Gasteiger partial charge in [-0.3, -0.25) is 0 Å². The van der Waals surface area contributed by atoms with Gasteiger partial charge in [0, 0.05) is 0 Å². The summed E-state index contributed by atoms with van der Waals surface area (Å²) in [7, 11) is 0. The fourth-order valence-electron chi connectivity index (χ4n) is 3.48. The third-order valence-corrected chi connectivity index (χ3v) is 4.78. The highest BCUT2D eigenvalue weighted by atomic mass is 14.5. The topological polar surface area (TPSA) is 0 Å². The van der Waals surface area contributed by atoms with Crippen LogP contribution in [-0.2, 0) is 0 Å². The van der Waals surface area contributed by atoms with E-state index in [0.717, 1.165) is 35.5 Å². The van der Waals surface area contributed by atoms with E-state index in [2.05, 4.69) is 41.5 Å². The van der Waals surface area contributed by atoms with E-state index in [9.17, 15) is 0 Å². The summed E-state index contributed by atoms with van der Waals surface area (Å²) in [4.78, 5) is 0. The van der Waals surface area contributed by atoms with Crippen molar-refractivity contribution in [2.45, 2.75) is 54.4 Å². The van der Waals surface area contributed by atoms with Crippen LogP contribution in [0.2, 0.25) is 0 Å². The zero-order valence-electron chi connectivity index (χ0n) is 10.9. The Hall–Kier alpha value is 0. The lowest BCUT2D eigenvalue weighted by Gasteiger charge is -2.50. The molecule has 0 bridgehead atoms. The first-order chi connectivity index (χ1) is 6.49. The fraction of sp³-hybridized carbons (Fsp3) is 1.00. The quantitative estimate of drug-likeness (QED) is 0.616. The molecule has 0 nitrogen and oxygen atoms in total. The Bertz CT molecular complexity index is 166. The third-order valence-electron chi connectivity index (χ3n) is 4.78. The van der Waals surface area contributed by atoms with Gasteiger partial charge in [0.2, 0.25) is 0 Å². The maximum atomic E-state index is 2.47. The average molecular weight is 196 g/mol. The monoisotopic (exact) mass is 196 g/mol. The summed E-state index contributed by atoms with van der Waals surface area (Å²) >= 11 is 0. The van der Waals surface area contributed by atoms with Crippen LogP contribution >= 0.6 is 0 Å². The first-order valence-electron chi connectivity index (χ1n) is 6.49. The fourth-order valence-corrected chi connectivity index (χ4v) is 3.48. The molecule has 0 aromatic carbocycles. The van der Waals surface area contributed by atoms with Gasteiger partial charge in [-0.25, -0.2) is 0 Å². The summed E-state index contributed by atoms with van der Waals surface area (Å²) in [5, 5.41) is 0. The van der Waals surface area contributed by atoms with E-state index < -0.39 is 0 Å². The van der Waals surface area contributed by atoms with Gasteiger partial charge in [-0.2, -0.15) is 0 Å². The lowest BCUT2D eigenvalue weighted by molar-refractivity contribution is -0.0117. The van der Waals surface area contributed by atoms with Crippen molar-refractivity contribution in [3.8, 4) is 0 Å². The molecule has 1 aliphatic rings. The SMILES string of the molecule is CCC(C)C(C)C1CC(C)C1C(C)C. The first-order valence-corrected chi connectivity index (χ1v) is 6.49. The van der Waals surface area contributed by atoms with Crippen LogP contribution in [0.4, 0.5) is 0 Å². The summed E-state index contributed by atoms with van der Waals surface area (Å²) in [6, 6.07) is 0. The first kappa shape index (κ1) is 12.1. The number of rotatable bonds is 4. The van der Waals surface area contributed by atoms with Gasteiger partial charge < -0.3 is 0 Å². The summed E-state index contributed by atoms with van der Waals surface area (Å²) < 4.78 is 0. The molecule has 1 saturated carbocycles. The van der Waals surface area contributed by atoms with E-state index in [0.29, 0.717) is 0 Å². The Morgan fingerprint density at radius 3 is 2.07 bits per heavy atom. The Morgan fingerprint density at radius 2 is 1.71 bits per heavy atom. The second-order valence-corrected chi connectivity index (χ2v) is 5.94. The smallest absolute Gasteiger partial charge is 0.0334 e. The highest BCUT2D eigenvalue weighted by Gasteiger charge is 2.43. The molecule has 0 aromatic rings. The zero-order valence-corrected chi connectivity index (χ0v) is 10.9. The molecule has 1 rings (SSSR count). The van der Waals surface area contributed by atoms with Gasteiger partial charge in [-0.05, 0) is 41.9 Å². The van der Waals surface area contributed by atoms with Crippen LogP contribution in [0.3, 0.4) is 0 Å². The highest BCUT2D eigenvalue weighted by Crippen LogP contribution is 2.50. The molecule has 14 heavy (non-hydrogen) atoms. The zero-order chi connectivity index (χ0) is 10.9. The molecule has 0 heteroatoms. The normalized spacial score (nSPS) is 36.6. The molecule has 5 unspecified atom stereocenters. The summed E-state index contributed by atoms with van der Waals surface area (Å²) in [6.45, 7) is 14.5. The Morgan fingerprint density at radius 1 is 1.14 bits per heavy atom. The van der Waals surface area contributed by atoms with Crippen molar-refractivity contribution in [3.63, 3.8) is 0 Å². The van der Waals surface area contributed by atoms with E-state index in [1.165, 1.54) is 12.8 Å². The maximum Gasteiger partial charge on any atom is -0.0334 e. The molecular formula is C14H28. The molecule has 84 valence electrons. The van der Waals surface area contributed by atoms with Gasteiger partial charge in [-0.15, -0.1) is 0 Å². The summed E-state index contributed by atoms with van der Waals surface area (Å²) in [5.41, 5.74) is 0. The van der Waals surface area contributed by atoms with Crippen molar-refractivity contribution in [1.29, 1.82) is 0 Å². The van der Waals surface area contributed by atoms with Crippen molar-refractivity contribution < 1.29 is 0 Å². The molecule has 0 heterocycles. The number of hydrogen-bond donors (Lipinski definition) is 0. The van der Waals surface area contributed by atoms with Crippen molar-refractivity contribution in [1.82, 2.24) is 0 Å². The van der Waals surface area contributed by atoms with Gasteiger partial charge in [-0.1, -0.05) is 48.0 Å². The van der Waals surface area contributed by atoms with Crippen LogP contribution in [-0.4, -0.2) is 0 Å². The predicted octanol–water partition coefficient (Wildman–Crippen LogP) is 4.60. The van der Waals surface area contributed by atoms with E-state index in [1.807, 2.05) is 0 Å². The van der Waals surface area contributed by atoms with Crippen molar-refractivity contribution in [3.05, 3.63) is 0 Å². The van der Waals surface area contributed by atoms with Crippen LogP contribution in [0.15, 0.2) is 0 Å². The Balaban J connectivity index is 2.53. The van der Waals surface area contributed by atoms with E-state index in [1.54, 1.807) is 0 Å². The minimum Gasteiger partial charge on any atom is -0.0651 e. The Labute approximate surface area is 90.5 Å². The molecule has 1 fully saturated rings. The Kier molecular flexibility index (Phi) is 4.04. The number of hydrogen-bond acceptors (Lipinski definition) is 0. The van der Waals surface area contributed by atoms with Crippen LogP contribution in [0.5, 0.6) is 0 Å².